The van der Waals surface area contributed by atoms with Crippen molar-refractivity contribution < 1.29 is 5.11 Å². The van der Waals surface area contributed by atoms with E-state index in [1.165, 1.54) is 0 Å². The van der Waals surface area contributed by atoms with E-state index in [2.05, 4.69) is 15.5 Å². The molecule has 0 aliphatic heterocycles. The Labute approximate surface area is 102 Å². The van der Waals surface area contributed by atoms with Gasteiger partial charge in [0.2, 0.25) is 0 Å². The highest BCUT2D eigenvalue weighted by Crippen LogP contribution is 2.19. The Hall–Kier alpha value is -1.20. The number of hydrogen-bond donors (Lipinski definition) is 3. The van der Waals surface area contributed by atoms with Gasteiger partial charge in [-0.2, -0.15) is 5.10 Å². The number of nitrogens with zero attached hydrogens (tertiary/aromatic N) is 2. The molecule has 0 spiro atoms. The van der Waals surface area contributed by atoms with E-state index in [4.69, 9.17) is 5.73 Å². The lowest BCUT2D eigenvalue weighted by Crippen LogP contribution is -2.31. The average Bonchev–Trinajstić information content (AvgIpc) is 2.30. The smallest absolute Gasteiger partial charge is 0.153 e. The summed E-state index contributed by atoms with van der Waals surface area (Å²) in [6.45, 7) is 8.48. The summed E-state index contributed by atoms with van der Waals surface area (Å²) < 4.78 is 0. The summed E-state index contributed by atoms with van der Waals surface area (Å²) in [4.78, 5) is 0. The molecule has 17 heavy (non-hydrogen) atoms. The number of nitrogens with two attached hydrogens (primary N) is 1. The number of aliphatic hydroxyl groups excluding tert-OH is 1. The Kier molecular flexibility index (Phi) is 4.84. The fraction of sp³-hybridized carbons (Fsp3) is 0.667. The number of anilines is 1. The highest BCUT2D eigenvalue weighted by atomic mass is 16.3. The van der Waals surface area contributed by atoms with Crippen LogP contribution in [0.15, 0.2) is 0 Å². The van der Waals surface area contributed by atoms with Crippen LogP contribution >= 0.6 is 0 Å². The van der Waals surface area contributed by atoms with Crippen LogP contribution in [-0.2, 0) is 6.54 Å². The third-order valence-electron chi connectivity index (χ3n) is 3.11. The summed E-state index contributed by atoms with van der Waals surface area (Å²) in [5, 5.41) is 20.7. The minimum Gasteiger partial charge on any atom is -0.394 e. The highest BCUT2D eigenvalue weighted by Gasteiger charge is 2.16. The van der Waals surface area contributed by atoms with E-state index < -0.39 is 0 Å². The fourth-order valence-corrected chi connectivity index (χ4v) is 1.62. The maximum absolute atomic E-state index is 9.30. The van der Waals surface area contributed by atoms with Crippen LogP contribution in [0, 0.1) is 19.8 Å². The molecule has 0 saturated heterocycles. The minimum absolute atomic E-state index is 0.0308. The molecule has 1 aromatic heterocycles. The van der Waals surface area contributed by atoms with Gasteiger partial charge in [-0.25, -0.2) is 0 Å². The second-order valence-corrected chi connectivity index (χ2v) is 4.62. The first kappa shape index (κ1) is 13.9. The molecule has 0 amide bonds. The Morgan fingerprint density at radius 2 is 1.94 bits per heavy atom. The molecule has 0 bridgehead atoms. The maximum Gasteiger partial charge on any atom is 0.153 e. The Balaban J connectivity index is 3.02. The lowest BCUT2D eigenvalue weighted by atomic mass is 10.0. The lowest BCUT2D eigenvalue weighted by molar-refractivity contribution is 0.249. The third kappa shape index (κ3) is 3.14. The zero-order chi connectivity index (χ0) is 13.0. The van der Waals surface area contributed by atoms with Crippen LogP contribution in [0.5, 0.6) is 0 Å². The molecule has 5 heteroatoms. The summed E-state index contributed by atoms with van der Waals surface area (Å²) in [5.41, 5.74) is 8.66. The molecule has 0 fully saturated rings. The number of hydrogen-bond acceptors (Lipinski definition) is 5. The fourth-order valence-electron chi connectivity index (χ4n) is 1.62. The highest BCUT2D eigenvalue weighted by molar-refractivity contribution is 5.49. The van der Waals surface area contributed by atoms with Gasteiger partial charge in [0.1, 0.15) is 0 Å². The van der Waals surface area contributed by atoms with Crippen LogP contribution in [0.25, 0.3) is 0 Å². The molecule has 4 N–H and O–H groups in total. The molecule has 1 aromatic rings. The number of aryl methyl sites for hydroxylation is 1. The summed E-state index contributed by atoms with van der Waals surface area (Å²) in [6, 6.07) is -0.0308. The van der Waals surface area contributed by atoms with Crippen molar-refractivity contribution in [2.24, 2.45) is 11.7 Å². The molecule has 5 nitrogen and oxygen atoms in total. The lowest BCUT2D eigenvalue weighted by Gasteiger charge is -2.22. The first-order valence-corrected chi connectivity index (χ1v) is 5.91. The number of aromatic nitrogens is 2. The van der Waals surface area contributed by atoms with Crippen LogP contribution in [0.2, 0.25) is 0 Å². The summed E-state index contributed by atoms with van der Waals surface area (Å²) in [5.74, 6) is 0.998. The molecule has 0 aliphatic carbocycles. The zero-order valence-electron chi connectivity index (χ0n) is 11.0. The van der Waals surface area contributed by atoms with E-state index >= 15 is 0 Å². The zero-order valence-corrected chi connectivity index (χ0v) is 11.0. The van der Waals surface area contributed by atoms with Crippen LogP contribution in [0.3, 0.4) is 0 Å². The Morgan fingerprint density at radius 1 is 1.29 bits per heavy atom. The topological polar surface area (TPSA) is 84.1 Å². The predicted molar refractivity (Wildman–Crippen MR) is 68.7 cm³/mol. The van der Waals surface area contributed by atoms with Crippen molar-refractivity contribution in [3.63, 3.8) is 0 Å². The number of rotatable bonds is 5. The molecule has 1 atom stereocenters. The van der Waals surface area contributed by atoms with E-state index in [0.29, 0.717) is 18.3 Å². The van der Waals surface area contributed by atoms with Gasteiger partial charge in [-0.05, 0) is 25.3 Å². The van der Waals surface area contributed by atoms with Gasteiger partial charge < -0.3 is 16.2 Å². The monoisotopic (exact) mass is 238 g/mol. The van der Waals surface area contributed by atoms with Crippen LogP contribution in [-0.4, -0.2) is 28.0 Å². The standard InChI is InChI=1S/C12H22N4O/c1-7(2)11(6-17)14-12-10(5-13)8(3)9(4)15-16-12/h7,11,17H,5-6,13H2,1-4H3,(H,14,16)/t11-/m1/s1. The van der Waals surface area contributed by atoms with Gasteiger partial charge in [0.25, 0.3) is 0 Å². The molecule has 1 heterocycles. The van der Waals surface area contributed by atoms with Crippen LogP contribution in [0.1, 0.15) is 30.7 Å². The van der Waals surface area contributed by atoms with E-state index in [9.17, 15) is 5.11 Å². The van der Waals surface area contributed by atoms with Crippen molar-refractivity contribution in [1.82, 2.24) is 10.2 Å². The summed E-state index contributed by atoms with van der Waals surface area (Å²) in [7, 11) is 0. The molecule has 96 valence electrons. The molecular weight excluding hydrogens is 216 g/mol. The Bertz CT molecular complexity index is 379. The van der Waals surface area contributed by atoms with Crippen molar-refractivity contribution in [3.8, 4) is 0 Å². The SMILES string of the molecule is Cc1nnc(N[C@H](CO)C(C)C)c(CN)c1C. The molecular formula is C12H22N4O. The van der Waals surface area contributed by atoms with Gasteiger partial charge in [0, 0.05) is 12.1 Å². The van der Waals surface area contributed by atoms with Crippen LogP contribution in [0.4, 0.5) is 5.82 Å². The van der Waals surface area contributed by atoms with Gasteiger partial charge in [0.05, 0.1) is 18.3 Å². The number of aliphatic hydroxyl groups is 1. The molecule has 0 unspecified atom stereocenters. The van der Waals surface area contributed by atoms with E-state index in [0.717, 1.165) is 16.8 Å². The van der Waals surface area contributed by atoms with Crippen molar-refractivity contribution >= 4 is 5.82 Å². The predicted octanol–water partition coefficient (Wildman–Crippen LogP) is 0.981. The molecule has 0 aliphatic rings. The van der Waals surface area contributed by atoms with Gasteiger partial charge in [-0.15, -0.1) is 5.10 Å². The van der Waals surface area contributed by atoms with Crippen LogP contribution < -0.4 is 11.1 Å². The van der Waals surface area contributed by atoms with Crippen molar-refractivity contribution in [2.75, 3.05) is 11.9 Å². The van der Waals surface area contributed by atoms with Crippen molar-refractivity contribution in [3.05, 3.63) is 16.8 Å². The van der Waals surface area contributed by atoms with Gasteiger partial charge in [-0.1, -0.05) is 13.8 Å². The number of nitrogens with one attached hydrogen (secondary N) is 1. The molecule has 0 radical (unpaired) electrons. The second-order valence-electron chi connectivity index (χ2n) is 4.62. The van der Waals surface area contributed by atoms with E-state index in [-0.39, 0.29) is 12.6 Å². The maximum atomic E-state index is 9.30. The van der Waals surface area contributed by atoms with Crippen molar-refractivity contribution in [1.29, 1.82) is 0 Å². The average molecular weight is 238 g/mol. The van der Waals surface area contributed by atoms with E-state index in [1.54, 1.807) is 0 Å². The van der Waals surface area contributed by atoms with E-state index in [1.807, 2.05) is 27.7 Å². The first-order chi connectivity index (χ1) is 8.01. The molecule has 0 aromatic carbocycles. The largest absolute Gasteiger partial charge is 0.394 e. The van der Waals surface area contributed by atoms with Crippen molar-refractivity contribution in [2.45, 2.75) is 40.3 Å². The first-order valence-electron chi connectivity index (χ1n) is 5.91. The van der Waals surface area contributed by atoms with Gasteiger partial charge >= 0.3 is 0 Å². The normalized spacial score (nSPS) is 12.9. The third-order valence-corrected chi connectivity index (χ3v) is 3.11. The molecule has 1 rings (SSSR count). The summed E-state index contributed by atoms with van der Waals surface area (Å²) in [6.07, 6.45) is 0. The van der Waals surface area contributed by atoms with Gasteiger partial charge in [-0.3, -0.25) is 0 Å². The minimum atomic E-state index is -0.0308. The van der Waals surface area contributed by atoms with Gasteiger partial charge in [0.15, 0.2) is 5.82 Å². The second kappa shape index (κ2) is 5.93. The quantitative estimate of drug-likeness (QED) is 0.712. The summed E-state index contributed by atoms with van der Waals surface area (Å²) >= 11 is 0. The Morgan fingerprint density at radius 3 is 2.41 bits per heavy atom. The molecule has 0 saturated carbocycles.